The Morgan fingerprint density at radius 3 is 3.17 bits per heavy atom. The van der Waals surface area contributed by atoms with Gasteiger partial charge >= 0.3 is 0 Å². The molecule has 0 unspecified atom stereocenters. The van der Waals surface area contributed by atoms with Crippen molar-refractivity contribution in [2.24, 2.45) is 0 Å². The van der Waals surface area contributed by atoms with Crippen molar-refractivity contribution >= 4 is 6.29 Å². The molecule has 0 aliphatic carbocycles. The molecule has 0 bridgehead atoms. The lowest BCUT2D eigenvalue weighted by Gasteiger charge is -2.29. The van der Waals surface area contributed by atoms with E-state index in [-0.39, 0.29) is 0 Å². The molecule has 0 aromatic rings. The maximum absolute atomic E-state index is 10.0. The van der Waals surface area contributed by atoms with Gasteiger partial charge in [-0.2, -0.15) is 0 Å². The number of hydrogen-bond donors (Lipinski definition) is 0. The monoisotopic (exact) mass is 171 g/mol. The molecule has 3 heteroatoms. The van der Waals surface area contributed by atoms with Gasteiger partial charge in [0.1, 0.15) is 6.29 Å². The summed E-state index contributed by atoms with van der Waals surface area (Å²) in [6.07, 6.45) is 4.14. The number of piperidine rings is 1. The first-order chi connectivity index (χ1) is 5.83. The van der Waals surface area contributed by atoms with Crippen LogP contribution in [0.25, 0.3) is 0 Å². The molecule has 0 spiro atoms. The fraction of sp³-hybridized carbons (Fsp3) is 0.889. The summed E-state index contributed by atoms with van der Waals surface area (Å²) in [4.78, 5) is 12.3. The molecule has 1 atom stereocenters. The highest BCUT2D eigenvalue weighted by molar-refractivity contribution is 5.49. The van der Waals surface area contributed by atoms with E-state index in [1.54, 1.807) is 0 Å². The van der Waals surface area contributed by atoms with Crippen molar-refractivity contribution in [1.29, 1.82) is 0 Å². The van der Waals surface area contributed by atoms with Gasteiger partial charge in [-0.15, -0.1) is 0 Å². The van der Waals surface area contributed by atoms with Crippen LogP contribution in [-0.2, 0) is 9.53 Å². The molecule has 0 aromatic heterocycles. The lowest BCUT2D eigenvalue weighted by Crippen LogP contribution is -2.37. The molecule has 1 rings (SSSR count). The molecule has 0 amide bonds. The minimum Gasteiger partial charge on any atom is -0.376 e. The van der Waals surface area contributed by atoms with E-state index in [0.717, 1.165) is 19.3 Å². The van der Waals surface area contributed by atoms with E-state index >= 15 is 0 Å². The number of rotatable bonds is 4. The Labute approximate surface area is 73.7 Å². The van der Waals surface area contributed by atoms with Crippen molar-refractivity contribution in [3.8, 4) is 0 Å². The molecule has 1 fully saturated rings. The second-order valence-electron chi connectivity index (χ2n) is 3.35. The Hall–Kier alpha value is -0.410. The van der Waals surface area contributed by atoms with Gasteiger partial charge in [0.05, 0.1) is 12.7 Å². The highest BCUT2D eigenvalue weighted by atomic mass is 16.5. The summed E-state index contributed by atoms with van der Waals surface area (Å²) >= 11 is 0. The van der Waals surface area contributed by atoms with Crippen LogP contribution in [0.15, 0.2) is 0 Å². The fourth-order valence-corrected chi connectivity index (χ4v) is 1.54. The molecule has 0 radical (unpaired) electrons. The largest absolute Gasteiger partial charge is 0.376 e. The maximum Gasteiger partial charge on any atom is 0.122 e. The third-order valence-electron chi connectivity index (χ3n) is 2.17. The lowest BCUT2D eigenvalue weighted by molar-refractivity contribution is -0.109. The van der Waals surface area contributed by atoms with Crippen LogP contribution in [0.3, 0.4) is 0 Å². The predicted molar refractivity (Wildman–Crippen MR) is 47.2 cm³/mol. The zero-order chi connectivity index (χ0) is 8.81. The van der Waals surface area contributed by atoms with Crippen molar-refractivity contribution in [3.63, 3.8) is 0 Å². The lowest BCUT2D eigenvalue weighted by atomic mass is 10.1. The van der Waals surface area contributed by atoms with Gasteiger partial charge in [0, 0.05) is 13.0 Å². The zero-order valence-corrected chi connectivity index (χ0v) is 7.66. The van der Waals surface area contributed by atoms with Gasteiger partial charge in [-0.3, -0.25) is 0 Å². The minimum atomic E-state index is 0.351. The Bertz CT molecular complexity index is 138. The molecule has 1 aliphatic heterocycles. The number of hydrogen-bond acceptors (Lipinski definition) is 3. The van der Waals surface area contributed by atoms with E-state index in [1.807, 2.05) is 0 Å². The summed E-state index contributed by atoms with van der Waals surface area (Å²) in [5.74, 6) is 0. The molecule has 0 saturated carbocycles. The Morgan fingerprint density at radius 2 is 2.50 bits per heavy atom. The zero-order valence-electron chi connectivity index (χ0n) is 7.66. The summed E-state index contributed by atoms with van der Waals surface area (Å²) in [6.45, 7) is 2.77. The van der Waals surface area contributed by atoms with E-state index in [4.69, 9.17) is 4.74 Å². The molecular weight excluding hydrogens is 154 g/mol. The summed E-state index contributed by atoms with van der Waals surface area (Å²) in [7, 11) is 2.11. The molecule has 0 aromatic carbocycles. The predicted octanol–water partition coefficient (Wildman–Crippen LogP) is 0.686. The van der Waals surface area contributed by atoms with Crippen LogP contribution >= 0.6 is 0 Å². The third-order valence-corrected chi connectivity index (χ3v) is 2.17. The standard InChI is InChI=1S/C9H17NO2/c1-10-5-2-4-9(8-10)12-7-3-6-11/h6,9H,2-5,7-8H2,1H3/t9-/m1/s1. The van der Waals surface area contributed by atoms with Gasteiger partial charge in [0.25, 0.3) is 0 Å². The van der Waals surface area contributed by atoms with Crippen LogP contribution in [0, 0.1) is 0 Å². The summed E-state index contributed by atoms with van der Waals surface area (Å²) in [6, 6.07) is 0. The van der Waals surface area contributed by atoms with E-state index in [1.165, 1.54) is 13.0 Å². The van der Waals surface area contributed by atoms with Crippen LogP contribution in [0.1, 0.15) is 19.3 Å². The van der Waals surface area contributed by atoms with Crippen LogP contribution < -0.4 is 0 Å². The van der Waals surface area contributed by atoms with Crippen molar-refractivity contribution < 1.29 is 9.53 Å². The molecule has 70 valence electrons. The quantitative estimate of drug-likeness (QED) is 0.460. The smallest absolute Gasteiger partial charge is 0.122 e. The SMILES string of the molecule is CN1CCC[C@@H](OCCC=O)C1. The molecular formula is C9H17NO2. The van der Waals surface area contributed by atoms with Crippen molar-refractivity contribution in [3.05, 3.63) is 0 Å². The highest BCUT2D eigenvalue weighted by Gasteiger charge is 2.16. The average molecular weight is 171 g/mol. The van der Waals surface area contributed by atoms with Gasteiger partial charge in [0.15, 0.2) is 0 Å². The first-order valence-electron chi connectivity index (χ1n) is 4.56. The Morgan fingerprint density at radius 1 is 1.67 bits per heavy atom. The number of likely N-dealkylation sites (tertiary alicyclic amines) is 1. The minimum absolute atomic E-state index is 0.351. The van der Waals surface area contributed by atoms with Gasteiger partial charge < -0.3 is 14.4 Å². The normalized spacial score (nSPS) is 25.6. The number of ether oxygens (including phenoxy) is 1. The topological polar surface area (TPSA) is 29.5 Å². The Balaban J connectivity index is 2.09. The van der Waals surface area contributed by atoms with Crippen LogP contribution in [0.2, 0.25) is 0 Å². The Kier molecular flexibility index (Phi) is 4.25. The average Bonchev–Trinajstić information content (AvgIpc) is 2.05. The van der Waals surface area contributed by atoms with Gasteiger partial charge in [-0.25, -0.2) is 0 Å². The maximum atomic E-state index is 10.0. The molecule has 0 N–H and O–H groups in total. The van der Waals surface area contributed by atoms with Gasteiger partial charge in [-0.05, 0) is 26.4 Å². The van der Waals surface area contributed by atoms with E-state index in [0.29, 0.717) is 19.1 Å². The number of likely N-dealkylation sites (N-methyl/N-ethyl adjacent to an activating group) is 1. The van der Waals surface area contributed by atoms with Gasteiger partial charge in [0.2, 0.25) is 0 Å². The van der Waals surface area contributed by atoms with Crippen molar-refractivity contribution in [1.82, 2.24) is 4.90 Å². The molecule has 1 saturated heterocycles. The third kappa shape index (κ3) is 3.32. The number of carbonyl (C=O) groups is 1. The van der Waals surface area contributed by atoms with Gasteiger partial charge in [-0.1, -0.05) is 0 Å². The molecule has 3 nitrogen and oxygen atoms in total. The summed E-state index contributed by atoms with van der Waals surface area (Å²) in [5, 5.41) is 0. The van der Waals surface area contributed by atoms with E-state index in [9.17, 15) is 4.79 Å². The van der Waals surface area contributed by atoms with Crippen molar-refractivity contribution in [2.75, 3.05) is 26.7 Å². The fourth-order valence-electron chi connectivity index (χ4n) is 1.54. The molecule has 12 heavy (non-hydrogen) atoms. The van der Waals surface area contributed by atoms with Crippen LogP contribution in [0.4, 0.5) is 0 Å². The molecule has 1 heterocycles. The first kappa shape index (κ1) is 9.68. The van der Waals surface area contributed by atoms with E-state index in [2.05, 4.69) is 11.9 Å². The second-order valence-corrected chi connectivity index (χ2v) is 3.35. The van der Waals surface area contributed by atoms with E-state index < -0.39 is 0 Å². The summed E-state index contributed by atoms with van der Waals surface area (Å²) in [5.41, 5.74) is 0. The summed E-state index contributed by atoms with van der Waals surface area (Å²) < 4.78 is 5.52. The van der Waals surface area contributed by atoms with Crippen LogP contribution in [0.5, 0.6) is 0 Å². The number of carbonyl (C=O) groups excluding carboxylic acids is 1. The van der Waals surface area contributed by atoms with Crippen LogP contribution in [-0.4, -0.2) is 44.0 Å². The van der Waals surface area contributed by atoms with Crippen molar-refractivity contribution in [2.45, 2.75) is 25.4 Å². The first-order valence-corrected chi connectivity index (χ1v) is 4.56. The number of aldehydes is 1. The second kappa shape index (κ2) is 5.27. The molecule has 1 aliphatic rings. The number of nitrogens with zero attached hydrogens (tertiary/aromatic N) is 1. The highest BCUT2D eigenvalue weighted by Crippen LogP contribution is 2.11.